The Balaban J connectivity index is 2.31. The Labute approximate surface area is 122 Å². The summed E-state index contributed by atoms with van der Waals surface area (Å²) in [6, 6.07) is 0.529. The van der Waals surface area contributed by atoms with Crippen molar-refractivity contribution in [1.82, 2.24) is 10.2 Å². The molecule has 0 saturated carbocycles. The minimum atomic E-state index is -4.97. The van der Waals surface area contributed by atoms with Gasteiger partial charge in [-0.3, -0.25) is 4.90 Å². The lowest BCUT2D eigenvalue weighted by Crippen LogP contribution is -2.47. The Hall–Kier alpha value is -1.48. The third-order valence-corrected chi connectivity index (χ3v) is 3.30. The van der Waals surface area contributed by atoms with Crippen LogP contribution in [0.1, 0.15) is 11.6 Å². The second-order valence-electron chi connectivity index (χ2n) is 4.80. The average molecular weight is 328 g/mol. The molecule has 0 spiro atoms. The molecule has 2 rings (SSSR count). The summed E-state index contributed by atoms with van der Waals surface area (Å²) in [5, 5.41) is 2.96. The van der Waals surface area contributed by atoms with Crippen LogP contribution in [0.2, 0.25) is 0 Å². The van der Waals surface area contributed by atoms with E-state index in [2.05, 4.69) is 10.1 Å². The molecule has 0 aromatic heterocycles. The third kappa shape index (κ3) is 4.26. The van der Waals surface area contributed by atoms with Crippen LogP contribution in [0.15, 0.2) is 18.2 Å². The molecule has 1 saturated heterocycles. The molecule has 0 aliphatic carbocycles. The molecule has 0 bridgehead atoms. The molecule has 9 heteroatoms. The van der Waals surface area contributed by atoms with Crippen molar-refractivity contribution in [3.63, 3.8) is 0 Å². The highest BCUT2D eigenvalue weighted by atomic mass is 19.4. The topological polar surface area (TPSA) is 24.5 Å². The van der Waals surface area contributed by atoms with Gasteiger partial charge in [0.1, 0.15) is 11.6 Å². The first-order chi connectivity index (χ1) is 10.3. The van der Waals surface area contributed by atoms with Gasteiger partial charge in [0.2, 0.25) is 0 Å². The van der Waals surface area contributed by atoms with E-state index < -0.39 is 36.0 Å². The van der Waals surface area contributed by atoms with Crippen molar-refractivity contribution in [2.24, 2.45) is 0 Å². The zero-order valence-corrected chi connectivity index (χ0v) is 11.3. The second kappa shape index (κ2) is 6.74. The monoisotopic (exact) mass is 328 g/mol. The third-order valence-electron chi connectivity index (χ3n) is 3.30. The Morgan fingerprint density at radius 1 is 1.14 bits per heavy atom. The van der Waals surface area contributed by atoms with Gasteiger partial charge in [0.25, 0.3) is 6.43 Å². The number of nitrogens with one attached hydrogen (secondary N) is 1. The SMILES string of the molecule is Fc1ccc(OC(F)(F)F)cc1[C@@H](C(F)F)N1CCNCC1. The van der Waals surface area contributed by atoms with E-state index in [1.54, 1.807) is 0 Å². The fourth-order valence-electron chi connectivity index (χ4n) is 2.40. The van der Waals surface area contributed by atoms with Crippen molar-refractivity contribution in [2.75, 3.05) is 26.2 Å². The van der Waals surface area contributed by atoms with Crippen LogP contribution < -0.4 is 10.1 Å². The zero-order chi connectivity index (χ0) is 16.3. The minimum absolute atomic E-state index is 0.249. The van der Waals surface area contributed by atoms with Crippen molar-refractivity contribution >= 4 is 0 Å². The van der Waals surface area contributed by atoms with Crippen molar-refractivity contribution in [1.29, 1.82) is 0 Å². The number of piperazine rings is 1. The number of benzene rings is 1. The molecule has 1 N–H and O–H groups in total. The van der Waals surface area contributed by atoms with E-state index in [0.717, 1.165) is 6.07 Å². The summed E-state index contributed by atoms with van der Waals surface area (Å²) in [6.07, 6.45) is -7.90. The molecule has 1 aromatic carbocycles. The summed E-state index contributed by atoms with van der Waals surface area (Å²) in [7, 11) is 0. The van der Waals surface area contributed by atoms with Gasteiger partial charge >= 0.3 is 6.36 Å². The van der Waals surface area contributed by atoms with Gasteiger partial charge in [-0.2, -0.15) is 0 Å². The number of alkyl halides is 5. The lowest BCUT2D eigenvalue weighted by molar-refractivity contribution is -0.274. The first kappa shape index (κ1) is 16.9. The molecule has 1 aromatic rings. The van der Waals surface area contributed by atoms with Crippen LogP contribution in [0.5, 0.6) is 5.75 Å². The van der Waals surface area contributed by atoms with Crippen molar-refractivity contribution in [2.45, 2.75) is 18.8 Å². The molecule has 3 nitrogen and oxygen atoms in total. The van der Waals surface area contributed by atoms with E-state index in [1.807, 2.05) is 0 Å². The van der Waals surface area contributed by atoms with Crippen molar-refractivity contribution in [3.8, 4) is 5.75 Å². The smallest absolute Gasteiger partial charge is 0.406 e. The summed E-state index contributed by atoms with van der Waals surface area (Å²) < 4.78 is 80.8. The van der Waals surface area contributed by atoms with E-state index in [0.29, 0.717) is 25.2 Å². The highest BCUT2D eigenvalue weighted by Gasteiger charge is 2.35. The normalized spacial score (nSPS) is 18.5. The predicted molar refractivity (Wildman–Crippen MR) is 66.3 cm³/mol. The maximum absolute atomic E-state index is 13.9. The fraction of sp³-hybridized carbons (Fsp3) is 0.538. The molecule has 1 fully saturated rings. The molecular weight excluding hydrogens is 314 g/mol. The Kier molecular flexibility index (Phi) is 5.17. The fourth-order valence-corrected chi connectivity index (χ4v) is 2.40. The van der Waals surface area contributed by atoms with E-state index in [4.69, 9.17) is 0 Å². The number of hydrogen-bond acceptors (Lipinski definition) is 3. The van der Waals surface area contributed by atoms with Gasteiger partial charge in [0, 0.05) is 31.7 Å². The molecule has 1 heterocycles. The largest absolute Gasteiger partial charge is 0.573 e. The van der Waals surface area contributed by atoms with E-state index in [1.165, 1.54) is 4.90 Å². The Bertz CT molecular complexity index is 502. The van der Waals surface area contributed by atoms with Crippen LogP contribution in [0, 0.1) is 5.82 Å². The van der Waals surface area contributed by atoms with Crippen LogP contribution in [-0.2, 0) is 0 Å². The van der Waals surface area contributed by atoms with Crippen LogP contribution in [0.25, 0.3) is 0 Å². The zero-order valence-electron chi connectivity index (χ0n) is 11.3. The molecule has 0 unspecified atom stereocenters. The molecule has 0 amide bonds. The van der Waals surface area contributed by atoms with Gasteiger partial charge in [-0.15, -0.1) is 13.2 Å². The number of nitrogens with zero attached hydrogens (tertiary/aromatic N) is 1. The van der Waals surface area contributed by atoms with Crippen LogP contribution in [-0.4, -0.2) is 43.9 Å². The van der Waals surface area contributed by atoms with Gasteiger partial charge in [0.05, 0.1) is 6.04 Å². The summed E-state index contributed by atoms with van der Waals surface area (Å²) in [5.74, 6) is -1.71. The van der Waals surface area contributed by atoms with Gasteiger partial charge in [0.15, 0.2) is 0 Å². The maximum Gasteiger partial charge on any atom is 0.573 e. The van der Waals surface area contributed by atoms with E-state index in [-0.39, 0.29) is 13.1 Å². The van der Waals surface area contributed by atoms with Gasteiger partial charge in [-0.25, -0.2) is 13.2 Å². The summed E-state index contributed by atoms with van der Waals surface area (Å²) in [6.45, 7) is 1.39. The first-order valence-electron chi connectivity index (χ1n) is 6.56. The minimum Gasteiger partial charge on any atom is -0.406 e. The molecule has 0 radical (unpaired) electrons. The van der Waals surface area contributed by atoms with Gasteiger partial charge in [-0.1, -0.05) is 0 Å². The second-order valence-corrected chi connectivity index (χ2v) is 4.80. The molecule has 124 valence electrons. The summed E-state index contributed by atoms with van der Waals surface area (Å²) in [4.78, 5) is 1.34. The Morgan fingerprint density at radius 3 is 2.32 bits per heavy atom. The van der Waals surface area contributed by atoms with Crippen LogP contribution in [0.4, 0.5) is 26.3 Å². The van der Waals surface area contributed by atoms with Crippen LogP contribution >= 0.6 is 0 Å². The van der Waals surface area contributed by atoms with Crippen molar-refractivity contribution < 1.29 is 31.1 Å². The highest BCUT2D eigenvalue weighted by molar-refractivity contribution is 5.32. The van der Waals surface area contributed by atoms with Gasteiger partial charge in [-0.05, 0) is 18.2 Å². The van der Waals surface area contributed by atoms with E-state index >= 15 is 0 Å². The summed E-state index contributed by atoms with van der Waals surface area (Å²) >= 11 is 0. The molecular formula is C13H14F6N2O. The molecule has 1 atom stereocenters. The van der Waals surface area contributed by atoms with Crippen molar-refractivity contribution in [3.05, 3.63) is 29.6 Å². The predicted octanol–water partition coefficient (Wildman–Crippen LogP) is 2.94. The summed E-state index contributed by atoms with van der Waals surface area (Å²) in [5.41, 5.74) is -0.501. The highest BCUT2D eigenvalue weighted by Crippen LogP contribution is 2.33. The lowest BCUT2D eigenvalue weighted by Gasteiger charge is -2.34. The quantitative estimate of drug-likeness (QED) is 0.860. The number of rotatable bonds is 4. The Morgan fingerprint density at radius 2 is 1.77 bits per heavy atom. The molecule has 1 aliphatic rings. The number of ether oxygens (including phenoxy) is 1. The first-order valence-corrected chi connectivity index (χ1v) is 6.56. The van der Waals surface area contributed by atoms with E-state index in [9.17, 15) is 26.3 Å². The number of hydrogen-bond donors (Lipinski definition) is 1. The van der Waals surface area contributed by atoms with Gasteiger partial charge < -0.3 is 10.1 Å². The lowest BCUT2D eigenvalue weighted by atomic mass is 10.0. The van der Waals surface area contributed by atoms with Crippen LogP contribution in [0.3, 0.4) is 0 Å². The molecule has 22 heavy (non-hydrogen) atoms. The average Bonchev–Trinajstić information content (AvgIpc) is 2.42. The number of halogens is 6. The standard InChI is InChI=1S/C13H14F6N2O/c14-10-2-1-8(22-13(17,18)19)7-9(10)11(12(15)16)21-5-3-20-4-6-21/h1-2,7,11-12,20H,3-6H2/t11-/m0/s1. The molecule has 1 aliphatic heterocycles. The maximum atomic E-state index is 13.9.